The molecule has 1 rings (SSSR count). The Morgan fingerprint density at radius 1 is 1.26 bits per heavy atom. The maximum Gasteiger partial charge on any atom is 0.389 e. The highest BCUT2D eigenvalue weighted by molar-refractivity contribution is 9.10. The molecule has 108 valence electrons. The largest absolute Gasteiger partial charge is 0.389 e. The van der Waals surface area contributed by atoms with Crippen molar-refractivity contribution in [2.45, 2.75) is 51.4 Å². The molecule has 1 nitrogen and oxygen atoms in total. The molecule has 1 aromatic rings. The van der Waals surface area contributed by atoms with E-state index >= 15 is 0 Å². The van der Waals surface area contributed by atoms with Crippen LogP contribution in [0.1, 0.15) is 44.7 Å². The first kappa shape index (κ1) is 16.5. The van der Waals surface area contributed by atoms with Crippen LogP contribution in [-0.2, 0) is 0 Å². The van der Waals surface area contributed by atoms with E-state index < -0.39 is 12.6 Å². The van der Waals surface area contributed by atoms with Crippen LogP contribution in [0.15, 0.2) is 28.7 Å². The molecule has 5 heteroatoms. The third-order valence-corrected chi connectivity index (χ3v) is 3.47. The van der Waals surface area contributed by atoms with Gasteiger partial charge in [0.15, 0.2) is 0 Å². The summed E-state index contributed by atoms with van der Waals surface area (Å²) in [6.45, 7) is 3.94. The monoisotopic (exact) mass is 337 g/mol. The van der Waals surface area contributed by atoms with E-state index in [9.17, 15) is 13.2 Å². The quantitative estimate of drug-likeness (QED) is 0.750. The Hall–Kier alpha value is -0.550. The molecule has 0 heterocycles. The van der Waals surface area contributed by atoms with Crippen molar-refractivity contribution in [1.82, 2.24) is 5.32 Å². The Labute approximate surface area is 120 Å². The van der Waals surface area contributed by atoms with Gasteiger partial charge in [0, 0.05) is 23.0 Å². The van der Waals surface area contributed by atoms with Gasteiger partial charge >= 0.3 is 6.18 Å². The van der Waals surface area contributed by atoms with E-state index in [4.69, 9.17) is 0 Å². The minimum atomic E-state index is -4.05. The van der Waals surface area contributed by atoms with Crippen molar-refractivity contribution >= 4 is 15.9 Å². The van der Waals surface area contributed by atoms with E-state index in [1.807, 2.05) is 38.1 Å². The highest BCUT2D eigenvalue weighted by atomic mass is 79.9. The molecule has 0 fully saturated rings. The highest BCUT2D eigenvalue weighted by Gasteiger charge is 2.26. The van der Waals surface area contributed by atoms with Gasteiger partial charge in [-0.25, -0.2) is 0 Å². The zero-order chi connectivity index (χ0) is 14.5. The maximum atomic E-state index is 12.1. The first-order valence-electron chi connectivity index (χ1n) is 6.36. The van der Waals surface area contributed by atoms with Crippen LogP contribution in [0.4, 0.5) is 13.2 Å². The zero-order valence-electron chi connectivity index (χ0n) is 11.1. The first-order chi connectivity index (χ1) is 8.78. The van der Waals surface area contributed by atoms with E-state index in [2.05, 4.69) is 21.2 Å². The molecular formula is C14H19BrF3N. The Morgan fingerprint density at radius 2 is 1.95 bits per heavy atom. The van der Waals surface area contributed by atoms with Crippen molar-refractivity contribution in [3.63, 3.8) is 0 Å². The van der Waals surface area contributed by atoms with E-state index in [1.54, 1.807) is 0 Å². The van der Waals surface area contributed by atoms with Crippen LogP contribution in [0.2, 0.25) is 0 Å². The fourth-order valence-corrected chi connectivity index (χ4v) is 2.41. The lowest BCUT2D eigenvalue weighted by atomic mass is 10.1. The van der Waals surface area contributed by atoms with Crippen LogP contribution in [0.5, 0.6) is 0 Å². The van der Waals surface area contributed by atoms with Gasteiger partial charge in [0.05, 0.1) is 0 Å². The Kier molecular flexibility index (Phi) is 6.33. The van der Waals surface area contributed by atoms with Gasteiger partial charge in [0.2, 0.25) is 0 Å². The smallest absolute Gasteiger partial charge is 0.308 e. The minimum absolute atomic E-state index is 0.0660. The van der Waals surface area contributed by atoms with E-state index in [1.165, 1.54) is 0 Å². The lowest BCUT2D eigenvalue weighted by Gasteiger charge is -2.20. The van der Waals surface area contributed by atoms with Crippen molar-refractivity contribution in [2.24, 2.45) is 0 Å². The second kappa shape index (κ2) is 7.29. The molecule has 1 N–H and O–H groups in total. The van der Waals surface area contributed by atoms with Gasteiger partial charge in [-0.2, -0.15) is 13.2 Å². The van der Waals surface area contributed by atoms with Crippen LogP contribution < -0.4 is 5.32 Å². The first-order valence-corrected chi connectivity index (χ1v) is 7.15. The predicted octanol–water partition coefficient (Wildman–Crippen LogP) is 5.22. The van der Waals surface area contributed by atoms with Gasteiger partial charge in [0.1, 0.15) is 0 Å². The van der Waals surface area contributed by atoms with Crippen LogP contribution in [0.25, 0.3) is 0 Å². The average Bonchev–Trinajstić information content (AvgIpc) is 2.27. The standard InChI is InChI=1S/C14H19BrF3N/c1-10(5-4-8-14(16,17)18)19-11(2)12-6-3-7-13(15)9-12/h3,6-7,9-11,19H,4-5,8H2,1-2H3/t10?,11-/m0/s1. The normalized spacial score (nSPS) is 15.3. The summed E-state index contributed by atoms with van der Waals surface area (Å²) in [5.41, 5.74) is 1.12. The number of halogens is 4. The Bertz CT molecular complexity index is 393. The molecule has 0 spiro atoms. The summed E-state index contributed by atoms with van der Waals surface area (Å²) < 4.78 is 37.2. The molecule has 0 radical (unpaired) electrons. The van der Waals surface area contributed by atoms with Crippen molar-refractivity contribution in [2.75, 3.05) is 0 Å². The van der Waals surface area contributed by atoms with Crippen LogP contribution in [0, 0.1) is 0 Å². The van der Waals surface area contributed by atoms with Gasteiger partial charge in [-0.3, -0.25) is 0 Å². The summed E-state index contributed by atoms with van der Waals surface area (Å²) >= 11 is 3.41. The number of alkyl halides is 3. The topological polar surface area (TPSA) is 12.0 Å². The van der Waals surface area contributed by atoms with Crippen molar-refractivity contribution in [1.29, 1.82) is 0 Å². The summed E-state index contributed by atoms with van der Waals surface area (Å²) in [4.78, 5) is 0. The molecule has 0 saturated carbocycles. The Morgan fingerprint density at radius 3 is 2.53 bits per heavy atom. The molecule has 0 aliphatic heterocycles. The third-order valence-electron chi connectivity index (χ3n) is 2.98. The Balaban J connectivity index is 2.38. The molecular weight excluding hydrogens is 319 g/mol. The van der Waals surface area contributed by atoms with Crippen molar-refractivity contribution in [3.8, 4) is 0 Å². The molecule has 1 unspecified atom stereocenters. The molecule has 0 aliphatic carbocycles. The van der Waals surface area contributed by atoms with E-state index in [0.29, 0.717) is 6.42 Å². The maximum absolute atomic E-state index is 12.1. The molecule has 1 aromatic carbocycles. The highest BCUT2D eigenvalue weighted by Crippen LogP contribution is 2.23. The minimum Gasteiger partial charge on any atom is -0.308 e. The summed E-state index contributed by atoms with van der Waals surface area (Å²) in [7, 11) is 0. The lowest BCUT2D eigenvalue weighted by molar-refractivity contribution is -0.135. The third kappa shape index (κ3) is 6.97. The molecule has 19 heavy (non-hydrogen) atoms. The van der Waals surface area contributed by atoms with Gasteiger partial charge in [-0.1, -0.05) is 28.1 Å². The molecule has 0 aliphatic rings. The fraction of sp³-hybridized carbons (Fsp3) is 0.571. The predicted molar refractivity (Wildman–Crippen MR) is 75.1 cm³/mol. The average molecular weight is 338 g/mol. The van der Waals surface area contributed by atoms with Gasteiger partial charge in [-0.05, 0) is 44.4 Å². The number of hydrogen-bond acceptors (Lipinski definition) is 1. The molecule has 0 bridgehead atoms. The summed E-state index contributed by atoms with van der Waals surface area (Å²) in [5, 5.41) is 3.32. The molecule has 2 atom stereocenters. The van der Waals surface area contributed by atoms with Crippen molar-refractivity contribution in [3.05, 3.63) is 34.3 Å². The van der Waals surface area contributed by atoms with E-state index in [0.717, 1.165) is 10.0 Å². The van der Waals surface area contributed by atoms with E-state index in [-0.39, 0.29) is 18.5 Å². The lowest BCUT2D eigenvalue weighted by Crippen LogP contribution is -2.29. The number of rotatable bonds is 6. The summed E-state index contributed by atoms with van der Waals surface area (Å²) in [6, 6.07) is 8.11. The number of benzene rings is 1. The van der Waals surface area contributed by atoms with Crippen molar-refractivity contribution < 1.29 is 13.2 Å². The van der Waals surface area contributed by atoms with Gasteiger partial charge in [0.25, 0.3) is 0 Å². The fourth-order valence-electron chi connectivity index (χ4n) is 1.99. The number of nitrogens with one attached hydrogen (secondary N) is 1. The van der Waals surface area contributed by atoms with Crippen LogP contribution in [-0.4, -0.2) is 12.2 Å². The molecule has 0 saturated heterocycles. The van der Waals surface area contributed by atoms with Crippen LogP contribution in [0.3, 0.4) is 0 Å². The second-order valence-electron chi connectivity index (χ2n) is 4.85. The van der Waals surface area contributed by atoms with Gasteiger partial charge < -0.3 is 5.32 Å². The summed E-state index contributed by atoms with van der Waals surface area (Å²) in [5.74, 6) is 0. The SMILES string of the molecule is CC(CCCC(F)(F)F)N[C@@H](C)c1cccc(Br)c1. The second-order valence-corrected chi connectivity index (χ2v) is 5.77. The molecule has 0 amide bonds. The van der Waals surface area contributed by atoms with Crippen LogP contribution >= 0.6 is 15.9 Å². The zero-order valence-corrected chi connectivity index (χ0v) is 12.7. The van der Waals surface area contributed by atoms with Gasteiger partial charge in [-0.15, -0.1) is 0 Å². The number of hydrogen-bond donors (Lipinski definition) is 1. The molecule has 0 aromatic heterocycles. The summed E-state index contributed by atoms with van der Waals surface area (Å²) in [6.07, 6.45) is -4.05.